The van der Waals surface area contributed by atoms with Crippen molar-refractivity contribution in [1.82, 2.24) is 9.88 Å². The van der Waals surface area contributed by atoms with E-state index in [1.54, 1.807) is 31.2 Å². The Kier molecular flexibility index (Phi) is 5.34. The number of amides is 1. The van der Waals surface area contributed by atoms with Gasteiger partial charge in [-0.15, -0.1) is 0 Å². The highest BCUT2D eigenvalue weighted by atomic mass is 35.5. The molecule has 1 heterocycles. The summed E-state index contributed by atoms with van der Waals surface area (Å²) in [6.07, 6.45) is 0.0570. The number of nitrogens with one attached hydrogen (secondary N) is 1. The lowest BCUT2D eigenvalue weighted by atomic mass is 10.1. The van der Waals surface area contributed by atoms with Gasteiger partial charge in [0, 0.05) is 18.0 Å². The predicted octanol–water partition coefficient (Wildman–Crippen LogP) is 4.31. The zero-order chi connectivity index (χ0) is 18.8. The van der Waals surface area contributed by atoms with Gasteiger partial charge in [-0.2, -0.15) is 0 Å². The SMILES string of the molecule is C[C@H](NC(=O)CCn1c(=O)oc2ccccc21)c1cc(F)c(Cl)cc1Cl. The molecule has 3 aromatic rings. The molecule has 0 fully saturated rings. The Morgan fingerprint density at radius 2 is 2.00 bits per heavy atom. The van der Waals surface area contributed by atoms with Crippen molar-refractivity contribution in [3.8, 4) is 0 Å². The van der Waals surface area contributed by atoms with Crippen LogP contribution in [-0.4, -0.2) is 10.5 Å². The number of aryl methyl sites for hydroxylation is 1. The van der Waals surface area contributed by atoms with Crippen molar-refractivity contribution >= 4 is 40.2 Å². The van der Waals surface area contributed by atoms with Crippen molar-refractivity contribution in [3.05, 3.63) is 68.4 Å². The van der Waals surface area contributed by atoms with Crippen LogP contribution in [0.5, 0.6) is 0 Å². The third kappa shape index (κ3) is 3.76. The van der Waals surface area contributed by atoms with Crippen molar-refractivity contribution < 1.29 is 13.6 Å². The Balaban J connectivity index is 1.68. The van der Waals surface area contributed by atoms with Gasteiger partial charge in [0.15, 0.2) is 5.58 Å². The summed E-state index contributed by atoms with van der Waals surface area (Å²) in [4.78, 5) is 24.1. The number of hydrogen-bond donors (Lipinski definition) is 1. The van der Waals surface area contributed by atoms with Crippen molar-refractivity contribution in [2.75, 3.05) is 0 Å². The number of carbonyl (C=O) groups is 1. The molecule has 1 N–H and O–H groups in total. The van der Waals surface area contributed by atoms with Gasteiger partial charge in [-0.1, -0.05) is 35.3 Å². The van der Waals surface area contributed by atoms with Crippen LogP contribution in [0.4, 0.5) is 4.39 Å². The maximum atomic E-state index is 13.6. The number of halogens is 3. The number of para-hydroxylation sites is 2. The maximum Gasteiger partial charge on any atom is 0.419 e. The monoisotopic (exact) mass is 396 g/mol. The van der Waals surface area contributed by atoms with E-state index < -0.39 is 17.6 Å². The van der Waals surface area contributed by atoms with Crippen LogP contribution in [0.1, 0.15) is 24.9 Å². The zero-order valence-electron chi connectivity index (χ0n) is 13.8. The van der Waals surface area contributed by atoms with E-state index in [1.165, 1.54) is 16.7 Å². The molecule has 0 aliphatic carbocycles. The summed E-state index contributed by atoms with van der Waals surface area (Å²) in [6, 6.07) is 8.96. The minimum absolute atomic E-state index is 0.0570. The van der Waals surface area contributed by atoms with Gasteiger partial charge >= 0.3 is 5.76 Å². The fourth-order valence-electron chi connectivity index (χ4n) is 2.70. The normalized spacial score (nSPS) is 12.3. The zero-order valence-corrected chi connectivity index (χ0v) is 15.3. The number of aromatic nitrogens is 1. The molecule has 8 heteroatoms. The molecule has 0 aliphatic heterocycles. The molecule has 0 bridgehead atoms. The Morgan fingerprint density at radius 1 is 1.27 bits per heavy atom. The summed E-state index contributed by atoms with van der Waals surface area (Å²) in [5.74, 6) is -1.43. The van der Waals surface area contributed by atoms with E-state index in [2.05, 4.69) is 5.32 Å². The van der Waals surface area contributed by atoms with E-state index >= 15 is 0 Å². The van der Waals surface area contributed by atoms with Gasteiger partial charge in [0.1, 0.15) is 5.82 Å². The van der Waals surface area contributed by atoms with Crippen LogP contribution < -0.4 is 11.1 Å². The van der Waals surface area contributed by atoms with E-state index in [9.17, 15) is 14.0 Å². The first-order chi connectivity index (χ1) is 12.4. The molecule has 26 heavy (non-hydrogen) atoms. The lowest BCUT2D eigenvalue weighted by Crippen LogP contribution is -2.28. The summed E-state index contributed by atoms with van der Waals surface area (Å²) in [5, 5.41) is 2.92. The second-order valence-electron chi connectivity index (χ2n) is 5.81. The second kappa shape index (κ2) is 7.51. The molecule has 2 aromatic carbocycles. The Labute approximate surface area is 158 Å². The Hall–Kier alpha value is -2.31. The molecule has 1 amide bonds. The number of rotatable bonds is 5. The van der Waals surface area contributed by atoms with Crippen LogP contribution in [-0.2, 0) is 11.3 Å². The van der Waals surface area contributed by atoms with Gasteiger partial charge in [0.05, 0.1) is 16.6 Å². The predicted molar refractivity (Wildman–Crippen MR) is 98.1 cm³/mol. The van der Waals surface area contributed by atoms with E-state index in [-0.39, 0.29) is 28.9 Å². The third-order valence-corrected chi connectivity index (χ3v) is 4.64. The molecular weight excluding hydrogens is 382 g/mol. The largest absolute Gasteiger partial charge is 0.419 e. The van der Waals surface area contributed by atoms with Crippen LogP contribution in [0.3, 0.4) is 0 Å². The number of hydrogen-bond acceptors (Lipinski definition) is 3. The molecule has 0 aliphatic rings. The van der Waals surface area contributed by atoms with Gasteiger partial charge in [0.25, 0.3) is 0 Å². The first kappa shape index (κ1) is 18.5. The highest BCUT2D eigenvalue weighted by Gasteiger charge is 2.16. The standard InChI is InChI=1S/C18H15Cl2FN2O3/c1-10(11-8-14(21)13(20)9-12(11)19)22-17(24)6-7-23-15-4-2-3-5-16(15)26-18(23)25/h2-5,8-10H,6-7H2,1H3,(H,22,24)/t10-/m0/s1. The van der Waals surface area contributed by atoms with Gasteiger partial charge in [0.2, 0.25) is 5.91 Å². The minimum atomic E-state index is -0.608. The summed E-state index contributed by atoms with van der Waals surface area (Å²) in [6.45, 7) is 1.85. The van der Waals surface area contributed by atoms with Crippen LogP contribution in [0.25, 0.3) is 11.1 Å². The highest BCUT2D eigenvalue weighted by molar-refractivity contribution is 6.35. The van der Waals surface area contributed by atoms with E-state index in [1.807, 2.05) is 0 Å². The molecule has 5 nitrogen and oxygen atoms in total. The third-order valence-electron chi connectivity index (χ3n) is 4.02. The Morgan fingerprint density at radius 3 is 2.77 bits per heavy atom. The van der Waals surface area contributed by atoms with Crippen LogP contribution in [0.15, 0.2) is 45.6 Å². The van der Waals surface area contributed by atoms with Crippen molar-refractivity contribution in [2.24, 2.45) is 0 Å². The first-order valence-corrected chi connectivity index (χ1v) is 8.64. The summed E-state index contributed by atoms with van der Waals surface area (Å²) in [7, 11) is 0. The highest BCUT2D eigenvalue weighted by Crippen LogP contribution is 2.28. The van der Waals surface area contributed by atoms with Crippen LogP contribution in [0, 0.1) is 5.82 Å². The van der Waals surface area contributed by atoms with Crippen molar-refractivity contribution in [3.63, 3.8) is 0 Å². The van der Waals surface area contributed by atoms with Crippen LogP contribution >= 0.6 is 23.2 Å². The quantitative estimate of drug-likeness (QED) is 0.653. The topological polar surface area (TPSA) is 64.2 Å². The molecule has 1 atom stereocenters. The van der Waals surface area contributed by atoms with Crippen molar-refractivity contribution in [2.45, 2.75) is 25.9 Å². The van der Waals surface area contributed by atoms with Crippen molar-refractivity contribution in [1.29, 1.82) is 0 Å². The fourth-order valence-corrected chi connectivity index (χ4v) is 3.25. The summed E-state index contributed by atoms with van der Waals surface area (Å²) < 4.78 is 20.2. The number of nitrogens with zero attached hydrogens (tertiary/aromatic N) is 1. The number of oxazole rings is 1. The van der Waals surface area contributed by atoms with Gasteiger partial charge in [-0.05, 0) is 36.8 Å². The van der Waals surface area contributed by atoms with E-state index in [4.69, 9.17) is 27.6 Å². The smallest absolute Gasteiger partial charge is 0.408 e. The van der Waals surface area contributed by atoms with E-state index in [0.717, 1.165) is 0 Å². The lowest BCUT2D eigenvalue weighted by Gasteiger charge is -2.16. The number of benzene rings is 2. The fraction of sp³-hybridized carbons (Fsp3) is 0.222. The van der Waals surface area contributed by atoms with Gasteiger partial charge in [-0.25, -0.2) is 9.18 Å². The second-order valence-corrected chi connectivity index (χ2v) is 6.63. The van der Waals surface area contributed by atoms with Gasteiger partial charge < -0.3 is 9.73 Å². The molecule has 1 aromatic heterocycles. The lowest BCUT2D eigenvalue weighted by molar-refractivity contribution is -0.121. The maximum absolute atomic E-state index is 13.6. The summed E-state index contributed by atoms with van der Waals surface area (Å²) >= 11 is 11.7. The molecule has 0 radical (unpaired) electrons. The molecule has 0 saturated carbocycles. The molecule has 0 spiro atoms. The van der Waals surface area contributed by atoms with Crippen LogP contribution in [0.2, 0.25) is 10.0 Å². The molecule has 0 saturated heterocycles. The molecular formula is C18H15Cl2FN2O3. The van der Waals surface area contributed by atoms with E-state index in [0.29, 0.717) is 16.7 Å². The number of fused-ring (bicyclic) bond motifs is 1. The molecule has 3 rings (SSSR count). The average molecular weight is 397 g/mol. The average Bonchev–Trinajstić information content (AvgIpc) is 2.91. The number of carbonyl (C=O) groups excluding carboxylic acids is 1. The Bertz CT molecular complexity index is 1030. The van der Waals surface area contributed by atoms with Gasteiger partial charge in [-0.3, -0.25) is 9.36 Å². The first-order valence-electron chi connectivity index (χ1n) is 7.89. The summed E-state index contributed by atoms with van der Waals surface area (Å²) in [5.41, 5.74) is 1.52. The molecule has 136 valence electrons. The molecule has 0 unspecified atom stereocenters. The minimum Gasteiger partial charge on any atom is -0.408 e.